The number of carbonyl (C=O) groups excluding carboxylic acids is 2. The zero-order chi connectivity index (χ0) is 22.0. The number of hydrogen-bond acceptors (Lipinski definition) is 7. The first kappa shape index (κ1) is 21.1. The number of halogens is 1. The fourth-order valence-electron chi connectivity index (χ4n) is 4.08. The summed E-state index contributed by atoms with van der Waals surface area (Å²) in [6.07, 6.45) is 1.60. The smallest absolute Gasteiger partial charge is 0.414 e. The summed E-state index contributed by atoms with van der Waals surface area (Å²) in [5, 5.41) is 6.58. The highest BCUT2D eigenvalue weighted by Crippen LogP contribution is 2.31. The Kier molecular flexibility index (Phi) is 6.06. The van der Waals surface area contributed by atoms with E-state index in [0.29, 0.717) is 23.2 Å². The molecular formula is C21H26FN5O4. The molecule has 3 heterocycles. The minimum absolute atomic E-state index is 0.193. The fourth-order valence-corrected chi connectivity index (χ4v) is 4.08. The second kappa shape index (κ2) is 8.91. The standard InChI is InChI=1S/C21H26FN5O4/c1-13(28)23-11-17-12-27(21(29)30-17)16-3-4-19(18(22)10-16)26-7-5-15(6-8-26)9-20-24-14(2)31-25-20/h3-4,10,15,17H,5-9,11-12H2,1-2H3,(H,23,28)/t17-/m0/s1. The fraction of sp³-hybridized carbons (Fsp3) is 0.524. The van der Waals surface area contributed by atoms with E-state index in [1.165, 1.54) is 17.9 Å². The molecule has 4 rings (SSSR count). The van der Waals surface area contributed by atoms with Gasteiger partial charge in [-0.1, -0.05) is 5.16 Å². The second-order valence-corrected chi connectivity index (χ2v) is 8.05. The minimum atomic E-state index is -0.542. The quantitative estimate of drug-likeness (QED) is 0.750. The lowest BCUT2D eigenvalue weighted by Gasteiger charge is -2.33. The number of cyclic esters (lactones) is 1. The maximum absolute atomic E-state index is 14.9. The molecule has 0 radical (unpaired) electrons. The van der Waals surface area contributed by atoms with Crippen LogP contribution < -0.4 is 15.1 Å². The van der Waals surface area contributed by atoms with E-state index in [1.807, 2.05) is 4.90 Å². The maximum Gasteiger partial charge on any atom is 0.414 e. The van der Waals surface area contributed by atoms with Gasteiger partial charge in [0.05, 0.1) is 24.5 Å². The first-order valence-corrected chi connectivity index (χ1v) is 10.5. The summed E-state index contributed by atoms with van der Waals surface area (Å²) >= 11 is 0. The average molecular weight is 431 g/mol. The number of carbonyl (C=O) groups is 2. The van der Waals surface area contributed by atoms with E-state index in [2.05, 4.69) is 15.5 Å². The van der Waals surface area contributed by atoms with Crippen molar-refractivity contribution in [1.29, 1.82) is 0 Å². The summed E-state index contributed by atoms with van der Waals surface area (Å²) < 4.78 is 25.2. The van der Waals surface area contributed by atoms with E-state index in [-0.39, 0.29) is 24.8 Å². The van der Waals surface area contributed by atoms with Gasteiger partial charge in [0.1, 0.15) is 11.9 Å². The third-order valence-electron chi connectivity index (χ3n) is 5.69. The van der Waals surface area contributed by atoms with Gasteiger partial charge in [0.25, 0.3) is 0 Å². The molecule has 1 atom stereocenters. The van der Waals surface area contributed by atoms with E-state index >= 15 is 0 Å². The molecule has 0 aliphatic carbocycles. The van der Waals surface area contributed by atoms with Crippen LogP contribution in [0.2, 0.25) is 0 Å². The SMILES string of the molecule is CC(=O)NC[C@H]1CN(c2ccc(N3CCC(Cc4noc(C)n4)CC3)c(F)c2)C(=O)O1. The number of amides is 2. The summed E-state index contributed by atoms with van der Waals surface area (Å²) in [6, 6.07) is 4.81. The molecule has 2 aliphatic rings. The molecule has 0 bridgehead atoms. The van der Waals surface area contributed by atoms with Gasteiger partial charge in [-0.15, -0.1) is 0 Å². The number of aromatic nitrogens is 2. The van der Waals surface area contributed by atoms with Crippen molar-refractivity contribution in [3.05, 3.63) is 35.7 Å². The van der Waals surface area contributed by atoms with Crippen LogP contribution in [-0.2, 0) is 16.0 Å². The Balaban J connectivity index is 1.35. The lowest BCUT2D eigenvalue weighted by Crippen LogP contribution is -2.35. The van der Waals surface area contributed by atoms with Crippen LogP contribution in [0, 0.1) is 18.7 Å². The number of rotatable bonds is 6. The van der Waals surface area contributed by atoms with Crippen LogP contribution in [0.15, 0.2) is 22.7 Å². The molecule has 1 aromatic carbocycles. The highest BCUT2D eigenvalue weighted by atomic mass is 19.1. The van der Waals surface area contributed by atoms with Gasteiger partial charge in [-0.05, 0) is 37.0 Å². The Labute approximate surface area is 179 Å². The molecule has 166 valence electrons. The van der Waals surface area contributed by atoms with Crippen molar-refractivity contribution in [3.63, 3.8) is 0 Å². The molecule has 0 saturated carbocycles. The van der Waals surface area contributed by atoms with Gasteiger partial charge in [0.2, 0.25) is 11.8 Å². The Morgan fingerprint density at radius 2 is 2.10 bits per heavy atom. The monoisotopic (exact) mass is 431 g/mol. The second-order valence-electron chi connectivity index (χ2n) is 8.05. The molecule has 2 aromatic rings. The number of nitrogens with zero attached hydrogens (tertiary/aromatic N) is 4. The predicted molar refractivity (Wildman–Crippen MR) is 110 cm³/mol. The highest BCUT2D eigenvalue weighted by molar-refractivity contribution is 5.90. The van der Waals surface area contributed by atoms with Crippen molar-refractivity contribution in [1.82, 2.24) is 15.5 Å². The van der Waals surface area contributed by atoms with E-state index in [1.54, 1.807) is 19.1 Å². The molecule has 2 saturated heterocycles. The average Bonchev–Trinajstić information content (AvgIpc) is 3.32. The third-order valence-corrected chi connectivity index (χ3v) is 5.69. The molecule has 9 nitrogen and oxygen atoms in total. The summed E-state index contributed by atoms with van der Waals surface area (Å²) in [4.78, 5) is 30.9. The van der Waals surface area contributed by atoms with E-state index in [9.17, 15) is 14.0 Å². The summed E-state index contributed by atoms with van der Waals surface area (Å²) in [5.74, 6) is 1.16. The summed E-state index contributed by atoms with van der Waals surface area (Å²) in [7, 11) is 0. The topological polar surface area (TPSA) is 101 Å². The number of ether oxygens (including phenoxy) is 1. The Bertz CT molecular complexity index is 957. The Morgan fingerprint density at radius 1 is 1.32 bits per heavy atom. The van der Waals surface area contributed by atoms with Crippen LogP contribution in [-0.4, -0.2) is 54.4 Å². The third kappa shape index (κ3) is 4.95. The van der Waals surface area contributed by atoms with Gasteiger partial charge in [-0.25, -0.2) is 9.18 Å². The van der Waals surface area contributed by atoms with Crippen molar-refractivity contribution in [2.75, 3.05) is 36.0 Å². The first-order chi connectivity index (χ1) is 14.9. The predicted octanol–water partition coefficient (Wildman–Crippen LogP) is 2.44. The van der Waals surface area contributed by atoms with E-state index in [0.717, 1.165) is 38.2 Å². The largest absolute Gasteiger partial charge is 0.442 e. The molecule has 0 spiro atoms. The number of benzene rings is 1. The molecule has 10 heteroatoms. The molecule has 0 unspecified atom stereocenters. The van der Waals surface area contributed by atoms with Crippen molar-refractivity contribution in [2.45, 2.75) is 39.2 Å². The Morgan fingerprint density at radius 3 is 2.74 bits per heavy atom. The van der Waals surface area contributed by atoms with E-state index in [4.69, 9.17) is 9.26 Å². The number of nitrogens with one attached hydrogen (secondary N) is 1. The number of anilines is 2. The molecular weight excluding hydrogens is 405 g/mol. The van der Waals surface area contributed by atoms with E-state index < -0.39 is 12.2 Å². The molecule has 2 aliphatic heterocycles. The summed E-state index contributed by atoms with van der Waals surface area (Å²) in [6.45, 7) is 5.15. The first-order valence-electron chi connectivity index (χ1n) is 10.5. The normalized spacial score (nSPS) is 19.6. The van der Waals surface area contributed by atoms with Gasteiger partial charge in [-0.3, -0.25) is 9.69 Å². The van der Waals surface area contributed by atoms with Crippen LogP contribution in [0.25, 0.3) is 0 Å². The molecule has 2 fully saturated rings. The zero-order valence-electron chi connectivity index (χ0n) is 17.6. The van der Waals surface area contributed by atoms with Crippen molar-refractivity contribution >= 4 is 23.4 Å². The molecule has 31 heavy (non-hydrogen) atoms. The highest BCUT2D eigenvalue weighted by Gasteiger charge is 2.33. The maximum atomic E-state index is 14.9. The number of piperidine rings is 1. The van der Waals surface area contributed by atoms with Crippen LogP contribution in [0.1, 0.15) is 31.5 Å². The lowest BCUT2D eigenvalue weighted by atomic mass is 9.93. The van der Waals surface area contributed by atoms with Crippen LogP contribution >= 0.6 is 0 Å². The Hall–Kier alpha value is -3.17. The zero-order valence-corrected chi connectivity index (χ0v) is 17.6. The lowest BCUT2D eigenvalue weighted by molar-refractivity contribution is -0.119. The van der Waals surface area contributed by atoms with Crippen LogP contribution in [0.4, 0.5) is 20.6 Å². The van der Waals surface area contributed by atoms with Crippen molar-refractivity contribution in [3.8, 4) is 0 Å². The molecule has 1 aromatic heterocycles. The van der Waals surface area contributed by atoms with Gasteiger partial charge in [0.15, 0.2) is 5.82 Å². The molecule has 1 N–H and O–H groups in total. The summed E-state index contributed by atoms with van der Waals surface area (Å²) in [5.41, 5.74) is 0.971. The van der Waals surface area contributed by atoms with Crippen molar-refractivity contribution in [2.24, 2.45) is 5.92 Å². The van der Waals surface area contributed by atoms with Crippen LogP contribution in [0.5, 0.6) is 0 Å². The van der Waals surface area contributed by atoms with Gasteiger partial charge in [-0.2, -0.15) is 4.98 Å². The van der Waals surface area contributed by atoms with Crippen molar-refractivity contribution < 1.29 is 23.2 Å². The molecule has 2 amide bonds. The minimum Gasteiger partial charge on any atom is -0.442 e. The van der Waals surface area contributed by atoms with Gasteiger partial charge >= 0.3 is 6.09 Å². The van der Waals surface area contributed by atoms with Crippen LogP contribution in [0.3, 0.4) is 0 Å². The van der Waals surface area contributed by atoms with Gasteiger partial charge < -0.3 is 19.5 Å². The van der Waals surface area contributed by atoms with Gasteiger partial charge in [0, 0.05) is 33.4 Å². The number of hydrogen-bond donors (Lipinski definition) is 1. The number of aryl methyl sites for hydroxylation is 1.